The second-order valence-electron chi connectivity index (χ2n) is 7.61. The van der Waals surface area contributed by atoms with E-state index in [1.807, 2.05) is 18.2 Å². The molecule has 1 aliphatic heterocycles. The lowest BCUT2D eigenvalue weighted by Crippen LogP contribution is -2.27. The fourth-order valence-corrected chi connectivity index (χ4v) is 4.66. The number of thioether (sulfide) groups is 1. The molecule has 0 bridgehead atoms. The Labute approximate surface area is 198 Å². The molecule has 0 saturated carbocycles. The van der Waals surface area contributed by atoms with E-state index in [9.17, 15) is 14.4 Å². The zero-order valence-electron chi connectivity index (χ0n) is 18.1. The van der Waals surface area contributed by atoms with Gasteiger partial charge in [0.2, 0.25) is 11.7 Å². The molecular weight excluding hydrogens is 454 g/mol. The van der Waals surface area contributed by atoms with Gasteiger partial charge in [0.05, 0.1) is 16.7 Å². The van der Waals surface area contributed by atoms with Crippen LogP contribution in [-0.2, 0) is 11.3 Å². The number of para-hydroxylation sites is 1. The number of allylic oxidation sites excluding steroid dienone is 1. The van der Waals surface area contributed by atoms with Crippen molar-refractivity contribution in [3.8, 4) is 0 Å². The minimum absolute atomic E-state index is 0.0874. The smallest absolute Gasteiger partial charge is 0.321 e. The van der Waals surface area contributed by atoms with Crippen molar-refractivity contribution >= 4 is 51.8 Å². The van der Waals surface area contributed by atoms with Crippen LogP contribution < -0.4 is 21.1 Å². The lowest BCUT2D eigenvalue weighted by atomic mass is 10.2. The monoisotopic (exact) mass is 475 g/mol. The summed E-state index contributed by atoms with van der Waals surface area (Å²) in [5.41, 5.74) is 1.82. The Balaban J connectivity index is 1.38. The highest BCUT2D eigenvalue weighted by Crippen LogP contribution is 2.23. The minimum atomic E-state index is -0.228. The number of amides is 3. The van der Waals surface area contributed by atoms with Gasteiger partial charge >= 0.3 is 6.03 Å². The molecule has 0 radical (unpaired) electrons. The molecule has 172 valence electrons. The van der Waals surface area contributed by atoms with E-state index in [1.54, 1.807) is 45.7 Å². The lowest BCUT2D eigenvalue weighted by Gasteiger charge is -2.15. The van der Waals surface area contributed by atoms with Gasteiger partial charge in [0.1, 0.15) is 0 Å². The standard InChI is InChI=1S/C23H21N7O3S/c1-2-11-29-20(32)17-8-3-4-9-18(17)30-21(29)26-27-23(30)34-14-19(31)25-15-6-5-7-16(13-15)28-12-10-24-22(28)33/h2-9,13H,1,10-12,14H2,(H,24,33)(H,25,31). The van der Waals surface area contributed by atoms with Gasteiger partial charge in [-0.15, -0.1) is 16.8 Å². The molecule has 1 aliphatic rings. The Morgan fingerprint density at radius 2 is 2.03 bits per heavy atom. The zero-order valence-corrected chi connectivity index (χ0v) is 18.9. The summed E-state index contributed by atoms with van der Waals surface area (Å²) in [4.78, 5) is 39.1. The van der Waals surface area contributed by atoms with Crippen LogP contribution in [0, 0.1) is 0 Å². The molecule has 3 heterocycles. The van der Waals surface area contributed by atoms with E-state index in [2.05, 4.69) is 27.4 Å². The van der Waals surface area contributed by atoms with Gasteiger partial charge in [0, 0.05) is 31.0 Å². The molecule has 0 unspecified atom stereocenters. The molecule has 4 aromatic rings. The first-order chi connectivity index (χ1) is 16.6. The maximum Gasteiger partial charge on any atom is 0.321 e. The highest BCUT2D eigenvalue weighted by atomic mass is 32.2. The first-order valence-electron chi connectivity index (χ1n) is 10.6. The number of nitrogens with one attached hydrogen (secondary N) is 2. The van der Waals surface area contributed by atoms with Crippen LogP contribution >= 0.6 is 11.8 Å². The number of hydrogen-bond acceptors (Lipinski definition) is 6. The van der Waals surface area contributed by atoms with Crippen molar-refractivity contribution in [1.82, 2.24) is 24.5 Å². The molecule has 1 saturated heterocycles. The summed E-state index contributed by atoms with van der Waals surface area (Å²) in [7, 11) is 0. The van der Waals surface area contributed by atoms with Crippen LogP contribution in [-0.4, -0.2) is 49.9 Å². The molecule has 0 spiro atoms. The first-order valence-corrected chi connectivity index (χ1v) is 11.6. The second-order valence-corrected chi connectivity index (χ2v) is 8.55. The van der Waals surface area contributed by atoms with Gasteiger partial charge in [-0.3, -0.25) is 23.5 Å². The number of nitrogens with zero attached hydrogens (tertiary/aromatic N) is 5. The summed E-state index contributed by atoms with van der Waals surface area (Å²) in [6, 6.07) is 14.2. The molecule has 5 rings (SSSR count). The molecule has 10 nitrogen and oxygen atoms in total. The molecule has 11 heteroatoms. The van der Waals surface area contributed by atoms with Gasteiger partial charge in [-0.05, 0) is 30.3 Å². The highest BCUT2D eigenvalue weighted by molar-refractivity contribution is 7.99. The normalized spacial score (nSPS) is 13.4. The molecule has 1 fully saturated rings. The fraction of sp³-hybridized carbons (Fsp3) is 0.174. The number of carbonyl (C=O) groups is 2. The second kappa shape index (κ2) is 9.02. The van der Waals surface area contributed by atoms with Crippen LogP contribution in [0.25, 0.3) is 16.7 Å². The van der Waals surface area contributed by atoms with Crippen LogP contribution in [0.1, 0.15) is 0 Å². The molecule has 2 aromatic carbocycles. The SMILES string of the molecule is C=CCn1c(=O)c2ccccc2n2c(SCC(=O)Nc3cccc(N4CCNC4=O)c3)nnc12. The third-order valence-corrected chi connectivity index (χ3v) is 6.35. The Hall–Kier alpha value is -4.12. The minimum Gasteiger partial charge on any atom is -0.336 e. The van der Waals surface area contributed by atoms with Gasteiger partial charge in [0.25, 0.3) is 5.56 Å². The van der Waals surface area contributed by atoms with Gasteiger partial charge in [-0.1, -0.05) is 36.0 Å². The van der Waals surface area contributed by atoms with E-state index >= 15 is 0 Å². The van der Waals surface area contributed by atoms with Gasteiger partial charge in [-0.2, -0.15) is 0 Å². The van der Waals surface area contributed by atoms with Crippen molar-refractivity contribution in [3.63, 3.8) is 0 Å². The third-order valence-electron chi connectivity index (χ3n) is 5.42. The molecule has 3 amide bonds. The topological polar surface area (TPSA) is 114 Å². The van der Waals surface area contributed by atoms with E-state index in [1.165, 1.54) is 16.3 Å². The Bertz CT molecular complexity index is 1490. The summed E-state index contributed by atoms with van der Waals surface area (Å²) in [6.45, 7) is 5.19. The van der Waals surface area contributed by atoms with E-state index < -0.39 is 0 Å². The largest absolute Gasteiger partial charge is 0.336 e. The molecule has 2 aromatic heterocycles. The van der Waals surface area contributed by atoms with Gasteiger partial charge in [-0.25, -0.2) is 4.79 Å². The number of urea groups is 1. The number of aromatic nitrogens is 4. The average molecular weight is 476 g/mol. The maximum atomic E-state index is 12.9. The number of rotatable bonds is 7. The van der Waals surface area contributed by atoms with Crippen LogP contribution in [0.15, 0.2) is 71.1 Å². The molecule has 0 aliphatic carbocycles. The summed E-state index contributed by atoms with van der Waals surface area (Å²) < 4.78 is 3.29. The maximum absolute atomic E-state index is 12.9. The Morgan fingerprint density at radius 3 is 2.82 bits per heavy atom. The quantitative estimate of drug-likeness (QED) is 0.314. The Morgan fingerprint density at radius 1 is 1.18 bits per heavy atom. The van der Waals surface area contributed by atoms with Crippen molar-refractivity contribution in [2.24, 2.45) is 0 Å². The van der Waals surface area contributed by atoms with E-state index in [4.69, 9.17) is 0 Å². The van der Waals surface area contributed by atoms with Crippen LogP contribution in [0.5, 0.6) is 0 Å². The molecular formula is C23H21N7O3S. The molecule has 0 atom stereocenters. The van der Waals surface area contributed by atoms with E-state index in [0.29, 0.717) is 47.2 Å². The average Bonchev–Trinajstić information content (AvgIpc) is 3.47. The van der Waals surface area contributed by atoms with Crippen molar-refractivity contribution < 1.29 is 9.59 Å². The number of benzene rings is 2. The van der Waals surface area contributed by atoms with Gasteiger partial charge in [0.15, 0.2) is 5.16 Å². The highest BCUT2D eigenvalue weighted by Gasteiger charge is 2.21. The lowest BCUT2D eigenvalue weighted by molar-refractivity contribution is -0.113. The van der Waals surface area contributed by atoms with Crippen molar-refractivity contribution in [3.05, 3.63) is 71.5 Å². The molecule has 2 N–H and O–H groups in total. The van der Waals surface area contributed by atoms with E-state index in [-0.39, 0.29) is 23.3 Å². The number of fused-ring (bicyclic) bond motifs is 3. The van der Waals surface area contributed by atoms with Crippen LogP contribution in [0.2, 0.25) is 0 Å². The first kappa shape index (κ1) is 21.7. The third kappa shape index (κ3) is 3.90. The van der Waals surface area contributed by atoms with Crippen LogP contribution in [0.4, 0.5) is 16.2 Å². The summed E-state index contributed by atoms with van der Waals surface area (Å²) >= 11 is 1.22. The number of hydrogen-bond donors (Lipinski definition) is 2. The van der Waals surface area contributed by atoms with Crippen molar-refractivity contribution in [2.75, 3.05) is 29.1 Å². The van der Waals surface area contributed by atoms with Crippen molar-refractivity contribution in [2.45, 2.75) is 11.7 Å². The van der Waals surface area contributed by atoms with Gasteiger partial charge < -0.3 is 10.6 Å². The summed E-state index contributed by atoms with van der Waals surface area (Å²) in [5.74, 6) is 0.251. The fourth-order valence-electron chi connectivity index (χ4n) is 3.92. The predicted octanol–water partition coefficient (Wildman–Crippen LogP) is 2.49. The zero-order chi connectivity index (χ0) is 23.7. The Kier molecular flexibility index (Phi) is 5.76. The van der Waals surface area contributed by atoms with Crippen LogP contribution in [0.3, 0.4) is 0 Å². The number of carbonyl (C=O) groups excluding carboxylic acids is 2. The summed E-state index contributed by atoms with van der Waals surface area (Å²) in [6.07, 6.45) is 1.63. The van der Waals surface area contributed by atoms with Crippen molar-refractivity contribution in [1.29, 1.82) is 0 Å². The van der Waals surface area contributed by atoms with E-state index in [0.717, 1.165) is 5.69 Å². The molecule has 34 heavy (non-hydrogen) atoms. The summed E-state index contributed by atoms with van der Waals surface area (Å²) in [5, 5.41) is 15.1. The predicted molar refractivity (Wildman–Crippen MR) is 131 cm³/mol. The number of anilines is 2.